The van der Waals surface area contributed by atoms with Crippen LogP contribution >= 0.6 is 15.9 Å². The summed E-state index contributed by atoms with van der Waals surface area (Å²) in [4.78, 5) is 13.6. The average Bonchev–Trinajstić information content (AvgIpc) is 2.14. The fourth-order valence-corrected chi connectivity index (χ4v) is 1.27. The lowest BCUT2D eigenvalue weighted by Crippen LogP contribution is -2.48. The van der Waals surface area contributed by atoms with Crippen molar-refractivity contribution in [1.82, 2.24) is 4.90 Å². The number of carbonyl (C=O) groups excluding carboxylic acids is 1. The van der Waals surface area contributed by atoms with Gasteiger partial charge >= 0.3 is 0 Å². The van der Waals surface area contributed by atoms with Gasteiger partial charge in [0.1, 0.15) is 0 Å². The number of rotatable bonds is 4. The van der Waals surface area contributed by atoms with Crippen molar-refractivity contribution in [1.29, 1.82) is 0 Å². The van der Waals surface area contributed by atoms with Crippen molar-refractivity contribution in [2.24, 2.45) is 5.92 Å². The van der Waals surface area contributed by atoms with E-state index in [-0.39, 0.29) is 17.4 Å². The molecule has 13 heavy (non-hydrogen) atoms. The highest BCUT2D eigenvalue weighted by molar-refractivity contribution is 9.09. The Morgan fingerprint density at radius 2 is 2.00 bits per heavy atom. The first kappa shape index (κ1) is 12.9. The van der Waals surface area contributed by atoms with Gasteiger partial charge in [-0.25, -0.2) is 0 Å². The molecular formula is C10H20BrNO. The van der Waals surface area contributed by atoms with Crippen molar-refractivity contribution in [2.45, 2.75) is 39.7 Å². The Morgan fingerprint density at radius 1 is 1.54 bits per heavy atom. The molecule has 2 nitrogen and oxygen atoms in total. The van der Waals surface area contributed by atoms with Gasteiger partial charge in [-0.1, -0.05) is 29.8 Å². The number of carbonyl (C=O) groups is 1. The van der Waals surface area contributed by atoms with Gasteiger partial charge in [0.2, 0.25) is 5.91 Å². The van der Waals surface area contributed by atoms with Crippen LogP contribution in [0.3, 0.4) is 0 Å². The number of amides is 1. The van der Waals surface area contributed by atoms with Crippen LogP contribution in [-0.4, -0.2) is 28.7 Å². The maximum Gasteiger partial charge on any atom is 0.225 e. The van der Waals surface area contributed by atoms with Gasteiger partial charge < -0.3 is 4.90 Å². The maximum absolute atomic E-state index is 11.8. The predicted octanol–water partition coefficient (Wildman–Crippen LogP) is 2.66. The fourth-order valence-electron chi connectivity index (χ4n) is 0.893. The second-order valence-electron chi connectivity index (χ2n) is 4.15. The van der Waals surface area contributed by atoms with Crippen LogP contribution in [0.15, 0.2) is 0 Å². The van der Waals surface area contributed by atoms with Gasteiger partial charge in [0.25, 0.3) is 0 Å². The Hall–Kier alpha value is -0.0500. The van der Waals surface area contributed by atoms with Crippen LogP contribution in [0.2, 0.25) is 0 Å². The minimum absolute atomic E-state index is 0.0967. The maximum atomic E-state index is 11.8. The first-order valence-electron chi connectivity index (χ1n) is 4.70. The summed E-state index contributed by atoms with van der Waals surface area (Å²) in [6.07, 6.45) is 0.904. The summed E-state index contributed by atoms with van der Waals surface area (Å²) in [6, 6.07) is 0. The number of alkyl halides is 1. The van der Waals surface area contributed by atoms with E-state index in [4.69, 9.17) is 0 Å². The van der Waals surface area contributed by atoms with Gasteiger partial charge in [-0.05, 0) is 20.3 Å². The molecule has 0 aromatic rings. The third kappa shape index (κ3) is 3.29. The summed E-state index contributed by atoms with van der Waals surface area (Å²) in [7, 11) is 1.87. The quantitative estimate of drug-likeness (QED) is 0.702. The van der Waals surface area contributed by atoms with Gasteiger partial charge in [-0.3, -0.25) is 4.79 Å². The monoisotopic (exact) mass is 249 g/mol. The lowest BCUT2D eigenvalue weighted by atomic mass is 10.0. The number of halogens is 1. The second-order valence-corrected chi connectivity index (χ2v) is 4.71. The summed E-state index contributed by atoms with van der Waals surface area (Å²) >= 11 is 3.42. The van der Waals surface area contributed by atoms with Crippen molar-refractivity contribution in [3.05, 3.63) is 0 Å². The van der Waals surface area contributed by atoms with Gasteiger partial charge in [-0.2, -0.15) is 0 Å². The molecule has 3 heteroatoms. The molecule has 0 N–H and O–H groups in total. The van der Waals surface area contributed by atoms with Gasteiger partial charge in [-0.15, -0.1) is 0 Å². The molecule has 0 aliphatic carbocycles. The van der Waals surface area contributed by atoms with E-state index in [0.717, 1.165) is 11.8 Å². The summed E-state index contributed by atoms with van der Waals surface area (Å²) in [6.45, 7) is 8.13. The van der Waals surface area contributed by atoms with Gasteiger partial charge in [0, 0.05) is 23.8 Å². The zero-order valence-corrected chi connectivity index (χ0v) is 10.8. The van der Waals surface area contributed by atoms with Crippen LogP contribution in [0.25, 0.3) is 0 Å². The molecule has 0 aromatic carbocycles. The SMILES string of the molecule is CCC(C)C(=O)N(C)C(C)(C)CBr. The van der Waals surface area contributed by atoms with Gasteiger partial charge in [0.05, 0.1) is 0 Å². The molecule has 0 aliphatic heterocycles. The zero-order chi connectivity index (χ0) is 10.6. The van der Waals surface area contributed by atoms with E-state index in [1.165, 1.54) is 0 Å². The zero-order valence-electron chi connectivity index (χ0n) is 9.22. The van der Waals surface area contributed by atoms with Crippen LogP contribution in [0.5, 0.6) is 0 Å². The normalized spacial score (nSPS) is 14.0. The Bertz CT molecular complexity index is 180. The van der Waals surface area contributed by atoms with E-state index in [1.807, 2.05) is 25.8 Å². The average molecular weight is 250 g/mol. The predicted molar refractivity (Wildman–Crippen MR) is 60.1 cm³/mol. The molecule has 0 rings (SSSR count). The first-order chi connectivity index (χ1) is 5.86. The molecule has 0 saturated carbocycles. The van der Waals surface area contributed by atoms with E-state index < -0.39 is 0 Å². The third-order valence-electron chi connectivity index (χ3n) is 2.60. The van der Waals surface area contributed by atoms with Crippen LogP contribution in [0.4, 0.5) is 0 Å². The highest BCUT2D eigenvalue weighted by atomic mass is 79.9. The van der Waals surface area contributed by atoms with Crippen LogP contribution in [-0.2, 0) is 4.79 Å². The van der Waals surface area contributed by atoms with E-state index in [1.54, 1.807) is 0 Å². The second kappa shape index (κ2) is 4.99. The minimum Gasteiger partial charge on any atom is -0.340 e. The summed E-state index contributed by atoms with van der Waals surface area (Å²) in [5.41, 5.74) is -0.0967. The highest BCUT2D eigenvalue weighted by Crippen LogP contribution is 2.18. The molecule has 1 amide bonds. The Morgan fingerprint density at radius 3 is 2.31 bits per heavy atom. The molecule has 0 heterocycles. The summed E-state index contributed by atoms with van der Waals surface area (Å²) in [5.74, 6) is 0.357. The van der Waals surface area contributed by atoms with Crippen molar-refractivity contribution >= 4 is 21.8 Å². The molecule has 0 saturated heterocycles. The summed E-state index contributed by atoms with van der Waals surface area (Å²) < 4.78 is 0. The van der Waals surface area contributed by atoms with Crippen LogP contribution in [0.1, 0.15) is 34.1 Å². The van der Waals surface area contributed by atoms with E-state index in [9.17, 15) is 4.79 Å². The molecule has 0 aliphatic rings. The van der Waals surface area contributed by atoms with Crippen molar-refractivity contribution < 1.29 is 4.79 Å². The van der Waals surface area contributed by atoms with Crippen LogP contribution in [0, 0.1) is 5.92 Å². The fraction of sp³-hybridized carbons (Fsp3) is 0.900. The van der Waals surface area contributed by atoms with Gasteiger partial charge in [0.15, 0.2) is 0 Å². The topological polar surface area (TPSA) is 20.3 Å². The molecule has 1 atom stereocenters. The molecule has 0 spiro atoms. The number of hydrogen-bond donors (Lipinski definition) is 0. The number of nitrogens with zero attached hydrogens (tertiary/aromatic N) is 1. The Labute approximate surface area is 89.8 Å². The smallest absolute Gasteiger partial charge is 0.225 e. The van der Waals surface area contributed by atoms with E-state index >= 15 is 0 Å². The van der Waals surface area contributed by atoms with Crippen molar-refractivity contribution in [3.63, 3.8) is 0 Å². The largest absolute Gasteiger partial charge is 0.340 e. The van der Waals surface area contributed by atoms with Crippen LogP contribution < -0.4 is 0 Å². The summed E-state index contributed by atoms with van der Waals surface area (Å²) in [5, 5.41) is 0.804. The first-order valence-corrected chi connectivity index (χ1v) is 5.82. The molecule has 78 valence electrons. The van der Waals surface area contributed by atoms with Crippen molar-refractivity contribution in [3.8, 4) is 0 Å². The van der Waals surface area contributed by atoms with E-state index in [0.29, 0.717) is 0 Å². The molecule has 0 bridgehead atoms. The number of hydrogen-bond acceptors (Lipinski definition) is 1. The third-order valence-corrected chi connectivity index (χ3v) is 3.97. The molecule has 0 fully saturated rings. The highest BCUT2D eigenvalue weighted by Gasteiger charge is 2.28. The Kier molecular flexibility index (Phi) is 4.97. The molecule has 0 radical (unpaired) electrons. The molecule has 0 aromatic heterocycles. The molecular weight excluding hydrogens is 230 g/mol. The molecule has 1 unspecified atom stereocenters. The minimum atomic E-state index is -0.0967. The lowest BCUT2D eigenvalue weighted by molar-refractivity contribution is -0.137. The standard InChI is InChI=1S/C10H20BrNO/c1-6-8(2)9(13)12(5)10(3,4)7-11/h8H,6-7H2,1-5H3. The van der Waals surface area contributed by atoms with E-state index in [2.05, 4.69) is 29.8 Å². The van der Waals surface area contributed by atoms with Crippen molar-refractivity contribution in [2.75, 3.05) is 12.4 Å². The Balaban J connectivity index is 4.42. The lowest BCUT2D eigenvalue weighted by Gasteiger charge is -2.35.